The minimum Gasteiger partial charge on any atom is -0.435 e. The molecular weight excluding hydrogens is 214 g/mol. The molecule has 1 aromatic carbocycles. The molecule has 0 aliphatic carbocycles. The van der Waals surface area contributed by atoms with Crippen molar-refractivity contribution in [3.63, 3.8) is 0 Å². The van der Waals surface area contributed by atoms with E-state index >= 15 is 0 Å². The van der Waals surface area contributed by atoms with Crippen LogP contribution in [-0.2, 0) is 0 Å². The number of hydrogen-bond acceptors (Lipinski definition) is 3. The number of rotatable bonds is 3. The predicted molar refractivity (Wildman–Crippen MR) is 57.9 cm³/mol. The third kappa shape index (κ3) is 2.61. The van der Waals surface area contributed by atoms with Gasteiger partial charge in [-0.05, 0) is 30.7 Å². The first-order valence-corrected chi connectivity index (χ1v) is 5.20. The molecule has 1 aliphatic heterocycles. The summed E-state index contributed by atoms with van der Waals surface area (Å²) in [5.41, 5.74) is 6.79. The zero-order chi connectivity index (χ0) is 11.5. The summed E-state index contributed by atoms with van der Waals surface area (Å²) < 4.78 is 28.1. The van der Waals surface area contributed by atoms with Crippen LogP contribution in [-0.4, -0.2) is 25.7 Å². The van der Waals surface area contributed by atoms with Crippen molar-refractivity contribution in [2.45, 2.75) is 19.1 Å². The van der Waals surface area contributed by atoms with Gasteiger partial charge in [-0.3, -0.25) is 0 Å². The van der Waals surface area contributed by atoms with E-state index in [1.807, 2.05) is 0 Å². The monoisotopic (exact) mass is 228 g/mol. The van der Waals surface area contributed by atoms with Crippen molar-refractivity contribution in [1.29, 1.82) is 0 Å². The summed E-state index contributed by atoms with van der Waals surface area (Å²) in [4.78, 5) is 2.14. The van der Waals surface area contributed by atoms with Crippen molar-refractivity contribution in [3.8, 4) is 5.75 Å². The summed E-state index contributed by atoms with van der Waals surface area (Å²) >= 11 is 0. The molecule has 0 amide bonds. The van der Waals surface area contributed by atoms with Gasteiger partial charge in [0.05, 0.1) is 0 Å². The van der Waals surface area contributed by atoms with Crippen LogP contribution in [0, 0.1) is 0 Å². The molecule has 1 aromatic rings. The third-order valence-electron chi connectivity index (χ3n) is 2.65. The fraction of sp³-hybridized carbons (Fsp3) is 0.455. The number of hydrogen-bond donors (Lipinski definition) is 1. The number of anilines is 1. The van der Waals surface area contributed by atoms with Gasteiger partial charge in [0.15, 0.2) is 0 Å². The van der Waals surface area contributed by atoms with Gasteiger partial charge in [0.2, 0.25) is 0 Å². The lowest BCUT2D eigenvalue weighted by Gasteiger charge is -2.18. The summed E-state index contributed by atoms with van der Waals surface area (Å²) in [5, 5.41) is 0. The SMILES string of the molecule is NC1CCN(c2ccc(OC(F)F)cc2)C1. The molecule has 5 heteroatoms. The molecule has 0 saturated carbocycles. The average molecular weight is 228 g/mol. The van der Waals surface area contributed by atoms with Crippen molar-refractivity contribution < 1.29 is 13.5 Å². The van der Waals surface area contributed by atoms with Crippen molar-refractivity contribution in [1.82, 2.24) is 0 Å². The van der Waals surface area contributed by atoms with Crippen LogP contribution in [0.3, 0.4) is 0 Å². The first-order valence-electron chi connectivity index (χ1n) is 5.20. The van der Waals surface area contributed by atoms with Crippen LogP contribution in [0.1, 0.15) is 6.42 Å². The highest BCUT2D eigenvalue weighted by Crippen LogP contribution is 2.23. The van der Waals surface area contributed by atoms with E-state index in [2.05, 4.69) is 9.64 Å². The first-order chi connectivity index (χ1) is 7.65. The molecular formula is C11H14F2N2O. The molecule has 1 saturated heterocycles. The first kappa shape index (κ1) is 11.1. The summed E-state index contributed by atoms with van der Waals surface area (Å²) in [6.07, 6.45) is 0.968. The largest absolute Gasteiger partial charge is 0.435 e. The van der Waals surface area contributed by atoms with Gasteiger partial charge < -0.3 is 15.4 Å². The smallest absolute Gasteiger partial charge is 0.387 e. The molecule has 2 N–H and O–H groups in total. The topological polar surface area (TPSA) is 38.5 Å². The van der Waals surface area contributed by atoms with Gasteiger partial charge in [-0.1, -0.05) is 0 Å². The highest BCUT2D eigenvalue weighted by Gasteiger charge is 2.19. The molecule has 3 nitrogen and oxygen atoms in total. The Morgan fingerprint density at radius 2 is 2.00 bits per heavy atom. The second kappa shape index (κ2) is 4.65. The number of nitrogens with two attached hydrogens (primary N) is 1. The van der Waals surface area contributed by atoms with E-state index in [4.69, 9.17) is 5.73 Å². The van der Waals surface area contributed by atoms with Gasteiger partial charge in [0.25, 0.3) is 0 Å². The Bertz CT molecular complexity index is 342. The van der Waals surface area contributed by atoms with Crippen molar-refractivity contribution in [2.75, 3.05) is 18.0 Å². The van der Waals surface area contributed by atoms with E-state index in [1.54, 1.807) is 24.3 Å². The Morgan fingerprint density at radius 3 is 2.50 bits per heavy atom. The van der Waals surface area contributed by atoms with Crippen molar-refractivity contribution in [2.24, 2.45) is 5.73 Å². The minimum atomic E-state index is -2.77. The predicted octanol–water partition coefficient (Wildman–Crippen LogP) is 1.83. The standard InChI is InChI=1S/C11H14F2N2O/c12-11(13)16-10-3-1-9(2-4-10)15-6-5-8(14)7-15/h1-4,8,11H,5-7,14H2. The molecule has 1 unspecified atom stereocenters. The van der Waals surface area contributed by atoms with Gasteiger partial charge in [-0.15, -0.1) is 0 Å². The number of halogens is 2. The van der Waals surface area contributed by atoms with E-state index in [0.29, 0.717) is 0 Å². The Labute approximate surface area is 92.8 Å². The number of alkyl halides is 2. The van der Waals surface area contributed by atoms with Gasteiger partial charge in [0.1, 0.15) is 5.75 Å². The quantitative estimate of drug-likeness (QED) is 0.857. The lowest BCUT2D eigenvalue weighted by atomic mass is 10.3. The number of nitrogens with zero attached hydrogens (tertiary/aromatic N) is 1. The summed E-state index contributed by atoms with van der Waals surface area (Å²) in [7, 11) is 0. The molecule has 2 rings (SSSR count). The van der Waals surface area contributed by atoms with E-state index < -0.39 is 6.61 Å². The van der Waals surface area contributed by atoms with Crippen LogP contribution >= 0.6 is 0 Å². The van der Waals surface area contributed by atoms with Crippen molar-refractivity contribution >= 4 is 5.69 Å². The minimum absolute atomic E-state index is 0.183. The van der Waals surface area contributed by atoms with Crippen LogP contribution < -0.4 is 15.4 Å². The van der Waals surface area contributed by atoms with E-state index in [0.717, 1.165) is 25.2 Å². The molecule has 1 atom stereocenters. The summed E-state index contributed by atoms with van der Waals surface area (Å²) in [6.45, 7) is -1.04. The molecule has 0 spiro atoms. The molecule has 1 fully saturated rings. The highest BCUT2D eigenvalue weighted by molar-refractivity contribution is 5.50. The second-order valence-electron chi connectivity index (χ2n) is 3.87. The zero-order valence-electron chi connectivity index (χ0n) is 8.77. The fourth-order valence-electron chi connectivity index (χ4n) is 1.86. The maximum atomic E-state index is 11.9. The van der Waals surface area contributed by atoms with Crippen LogP contribution in [0.5, 0.6) is 5.75 Å². The maximum absolute atomic E-state index is 11.9. The average Bonchev–Trinajstić information content (AvgIpc) is 2.65. The van der Waals surface area contributed by atoms with Crippen molar-refractivity contribution in [3.05, 3.63) is 24.3 Å². The van der Waals surface area contributed by atoms with Crippen LogP contribution in [0.25, 0.3) is 0 Å². The van der Waals surface area contributed by atoms with E-state index in [9.17, 15) is 8.78 Å². The van der Waals surface area contributed by atoms with Gasteiger partial charge in [0, 0.05) is 24.8 Å². The molecule has 0 bridgehead atoms. The van der Waals surface area contributed by atoms with E-state index in [1.165, 1.54) is 0 Å². The fourth-order valence-corrected chi connectivity index (χ4v) is 1.86. The van der Waals surface area contributed by atoms with Crippen LogP contribution in [0.4, 0.5) is 14.5 Å². The molecule has 88 valence electrons. The Morgan fingerprint density at radius 1 is 1.31 bits per heavy atom. The van der Waals surface area contributed by atoms with Crippen LogP contribution in [0.15, 0.2) is 24.3 Å². The second-order valence-corrected chi connectivity index (χ2v) is 3.87. The van der Waals surface area contributed by atoms with Gasteiger partial charge in [-0.25, -0.2) is 0 Å². The molecule has 0 radical (unpaired) electrons. The summed E-state index contributed by atoms with van der Waals surface area (Å²) in [6, 6.07) is 6.85. The number of ether oxygens (including phenoxy) is 1. The normalized spacial score (nSPS) is 20.5. The zero-order valence-corrected chi connectivity index (χ0v) is 8.77. The molecule has 0 aromatic heterocycles. The van der Waals surface area contributed by atoms with E-state index in [-0.39, 0.29) is 11.8 Å². The highest BCUT2D eigenvalue weighted by atomic mass is 19.3. The Kier molecular flexibility index (Phi) is 3.24. The lowest BCUT2D eigenvalue weighted by molar-refractivity contribution is -0.0498. The number of benzene rings is 1. The van der Waals surface area contributed by atoms with Gasteiger partial charge in [-0.2, -0.15) is 8.78 Å². The summed E-state index contributed by atoms with van der Waals surface area (Å²) in [5.74, 6) is 0.183. The maximum Gasteiger partial charge on any atom is 0.387 e. The molecule has 16 heavy (non-hydrogen) atoms. The third-order valence-corrected chi connectivity index (χ3v) is 2.65. The lowest BCUT2D eigenvalue weighted by Crippen LogP contribution is -2.26. The Hall–Kier alpha value is -1.36. The Balaban J connectivity index is 2.02. The molecule has 1 aliphatic rings. The van der Waals surface area contributed by atoms with Crippen LogP contribution in [0.2, 0.25) is 0 Å². The molecule has 1 heterocycles. The van der Waals surface area contributed by atoms with Gasteiger partial charge >= 0.3 is 6.61 Å².